The molecule has 0 atom stereocenters. The first-order valence-electron chi connectivity index (χ1n) is 13.0. The molecule has 0 bridgehead atoms. The van der Waals surface area contributed by atoms with Crippen molar-refractivity contribution < 1.29 is 58.9 Å². The first kappa shape index (κ1) is 31.7. The zero-order valence-electron chi connectivity index (χ0n) is 22.6. The predicted octanol–water partition coefficient (Wildman–Crippen LogP) is 1.98. The Kier molecular flexibility index (Phi) is 9.90. The van der Waals surface area contributed by atoms with Crippen LogP contribution < -0.4 is 9.30 Å². The van der Waals surface area contributed by atoms with Gasteiger partial charge in [-0.05, 0) is 31.0 Å². The highest BCUT2D eigenvalue weighted by Gasteiger charge is 2.32. The summed E-state index contributed by atoms with van der Waals surface area (Å²) in [6.07, 6.45) is 5.42. The maximum atomic E-state index is 12.1. The number of aryl methyl sites for hydroxylation is 1. The van der Waals surface area contributed by atoms with Gasteiger partial charge in [0.25, 0.3) is 32.1 Å². The molecule has 1 aliphatic heterocycles. The van der Waals surface area contributed by atoms with Gasteiger partial charge in [0.05, 0.1) is 18.6 Å². The molecule has 0 radical (unpaired) electrons. The average molecular weight is 639 g/mol. The fraction of sp³-hybridized carbons (Fsp3) is 0.346. The Bertz CT molecular complexity index is 1700. The number of carbonyl (C=O) groups is 3. The van der Waals surface area contributed by atoms with E-state index in [-0.39, 0.29) is 61.9 Å². The minimum atomic E-state index is -4.70. The molecule has 1 fully saturated rings. The second kappa shape index (κ2) is 13.4. The molecule has 2 amide bonds. The number of ether oxygens (including phenoxy) is 1. The van der Waals surface area contributed by atoms with Crippen molar-refractivity contribution >= 4 is 38.0 Å². The lowest BCUT2D eigenvalue weighted by atomic mass is 10.2. The van der Waals surface area contributed by atoms with Crippen molar-refractivity contribution in [3.63, 3.8) is 0 Å². The maximum absolute atomic E-state index is 12.1. The van der Waals surface area contributed by atoms with Crippen molar-refractivity contribution in [1.29, 1.82) is 0 Å². The second-order valence-electron chi connectivity index (χ2n) is 9.48. The summed E-state index contributed by atoms with van der Waals surface area (Å²) in [7, 11) is -8.73. The van der Waals surface area contributed by atoms with E-state index in [9.17, 15) is 35.8 Å². The second-order valence-corrected chi connectivity index (χ2v) is 12.4. The van der Waals surface area contributed by atoms with E-state index in [1.807, 2.05) is 0 Å². The number of unbranched alkanes of at least 4 members (excludes halogenated alkanes) is 1. The highest BCUT2D eigenvalue weighted by atomic mass is 32.2. The van der Waals surface area contributed by atoms with Crippen LogP contribution >= 0.6 is 0 Å². The molecule has 3 heterocycles. The van der Waals surface area contributed by atoms with Gasteiger partial charge < -0.3 is 14.0 Å². The molecular formula is C26H28N3O12S2+. The first-order chi connectivity index (χ1) is 20.3. The summed E-state index contributed by atoms with van der Waals surface area (Å²) in [5, 5.41) is 0.463. The predicted molar refractivity (Wildman–Crippen MR) is 145 cm³/mol. The Morgan fingerprint density at radius 2 is 1.67 bits per heavy atom. The third-order valence-corrected chi connectivity index (χ3v) is 7.88. The Labute approximate surface area is 246 Å². The summed E-state index contributed by atoms with van der Waals surface area (Å²) in [4.78, 5) is 43.4. The smallest absolute Gasteiger partial charge is 0.333 e. The molecule has 17 heteroatoms. The first-order valence-corrected chi connectivity index (χ1v) is 16.1. The largest absolute Gasteiger partial charge is 0.492 e. The van der Waals surface area contributed by atoms with E-state index in [1.54, 1.807) is 29.1 Å². The van der Waals surface area contributed by atoms with Gasteiger partial charge in [0, 0.05) is 48.9 Å². The minimum Gasteiger partial charge on any atom is -0.492 e. The average Bonchev–Trinajstić information content (AvgIpc) is 3.55. The lowest BCUT2D eigenvalue weighted by Crippen LogP contribution is -2.33. The van der Waals surface area contributed by atoms with Gasteiger partial charge in [-0.15, -0.1) is 5.06 Å². The topological polar surface area (TPSA) is 212 Å². The summed E-state index contributed by atoms with van der Waals surface area (Å²) < 4.78 is 77.6. The van der Waals surface area contributed by atoms with Crippen LogP contribution in [0.5, 0.6) is 5.75 Å². The van der Waals surface area contributed by atoms with Gasteiger partial charge in [-0.2, -0.15) is 16.8 Å². The third-order valence-electron chi connectivity index (χ3n) is 6.20. The fourth-order valence-corrected chi connectivity index (χ4v) is 5.21. The Morgan fingerprint density at radius 1 is 0.977 bits per heavy atom. The van der Waals surface area contributed by atoms with Crippen molar-refractivity contribution in [2.75, 3.05) is 12.4 Å². The third kappa shape index (κ3) is 8.90. The van der Waals surface area contributed by atoms with E-state index in [4.69, 9.17) is 18.5 Å². The summed E-state index contributed by atoms with van der Waals surface area (Å²) in [6.45, 7) is 0.354. The van der Waals surface area contributed by atoms with E-state index in [2.05, 4.69) is 4.98 Å². The Morgan fingerprint density at radius 3 is 2.33 bits per heavy atom. The molecule has 1 saturated heterocycles. The van der Waals surface area contributed by atoms with Crippen LogP contribution in [0, 0.1) is 0 Å². The molecular weight excluding hydrogens is 610 g/mol. The number of oxazole rings is 1. The van der Waals surface area contributed by atoms with Crippen LogP contribution in [-0.2, 0) is 46.0 Å². The minimum absolute atomic E-state index is 0.00695. The molecule has 3 aromatic rings. The van der Waals surface area contributed by atoms with Crippen LogP contribution in [0.25, 0.3) is 22.8 Å². The van der Waals surface area contributed by atoms with Crippen LogP contribution in [0.1, 0.15) is 38.5 Å². The standard InChI is InChI=1S/C26H27N3O12S2/c30-23-7-8-24(31)29(23)41-25(32)4-1-2-14-39-20-6-5-19(16-22(20)43(36,37)38)21-17-27-26(40-21)18-9-12-28(13-10-18)11-3-15-42(33,34)35/h5-6,9-10,12-13,16-17H,1-4,7-8,11,14-15H2,(H-,33,34,35,36,37,38)/p+1. The van der Waals surface area contributed by atoms with Gasteiger partial charge in [-0.3, -0.25) is 18.7 Å². The van der Waals surface area contributed by atoms with Crippen LogP contribution in [-0.4, -0.2) is 66.1 Å². The zero-order valence-corrected chi connectivity index (χ0v) is 24.3. The summed E-state index contributed by atoms with van der Waals surface area (Å²) in [6, 6.07) is 7.41. The number of imide groups is 1. The van der Waals surface area contributed by atoms with Crippen LogP contribution in [0.3, 0.4) is 0 Å². The number of hydrogen-bond donors (Lipinski definition) is 2. The molecule has 1 aromatic carbocycles. The normalized spacial score (nSPS) is 13.9. The number of benzene rings is 1. The van der Waals surface area contributed by atoms with Gasteiger partial charge in [-0.1, -0.05) is 0 Å². The zero-order chi connectivity index (χ0) is 31.2. The number of hydrogen-bond acceptors (Lipinski definition) is 11. The van der Waals surface area contributed by atoms with E-state index in [0.29, 0.717) is 29.2 Å². The lowest BCUT2D eigenvalue weighted by molar-refractivity contribution is -0.696. The number of amides is 2. The summed E-state index contributed by atoms with van der Waals surface area (Å²) >= 11 is 0. The van der Waals surface area contributed by atoms with Gasteiger partial charge in [0.15, 0.2) is 18.2 Å². The molecule has 1 aliphatic rings. The van der Waals surface area contributed by atoms with Crippen molar-refractivity contribution in [3.8, 4) is 28.5 Å². The van der Waals surface area contributed by atoms with Gasteiger partial charge in [0.2, 0.25) is 5.89 Å². The number of nitrogens with zero attached hydrogens (tertiary/aromatic N) is 3. The fourth-order valence-electron chi connectivity index (χ4n) is 4.06. The van der Waals surface area contributed by atoms with Crippen molar-refractivity contribution in [2.24, 2.45) is 0 Å². The molecule has 0 unspecified atom stereocenters. The van der Waals surface area contributed by atoms with Gasteiger partial charge in [-0.25, -0.2) is 14.3 Å². The van der Waals surface area contributed by atoms with E-state index in [0.717, 1.165) is 0 Å². The van der Waals surface area contributed by atoms with Crippen molar-refractivity contribution in [2.45, 2.75) is 50.0 Å². The molecule has 43 heavy (non-hydrogen) atoms. The number of rotatable bonds is 14. The summed E-state index contributed by atoms with van der Waals surface area (Å²) in [5.74, 6) is -1.95. The number of aromatic nitrogens is 2. The molecule has 230 valence electrons. The van der Waals surface area contributed by atoms with Crippen LogP contribution in [0.4, 0.5) is 0 Å². The maximum Gasteiger partial charge on any atom is 0.333 e. The van der Waals surface area contributed by atoms with Gasteiger partial charge >= 0.3 is 5.97 Å². The molecule has 15 nitrogen and oxygen atoms in total. The number of carbonyl (C=O) groups excluding carboxylic acids is 3. The number of hydroxylamine groups is 2. The molecule has 4 rings (SSSR count). The molecule has 2 aromatic heterocycles. The van der Waals surface area contributed by atoms with Crippen molar-refractivity contribution in [1.82, 2.24) is 10.0 Å². The Hall–Kier alpha value is -4.19. The molecule has 0 aliphatic carbocycles. The Balaban J connectivity index is 1.34. The number of pyridine rings is 1. The van der Waals surface area contributed by atoms with E-state index < -0.39 is 42.9 Å². The van der Waals surface area contributed by atoms with Crippen LogP contribution in [0.2, 0.25) is 0 Å². The summed E-state index contributed by atoms with van der Waals surface area (Å²) in [5.41, 5.74) is 0.887. The highest BCUT2D eigenvalue weighted by molar-refractivity contribution is 7.86. The highest BCUT2D eigenvalue weighted by Crippen LogP contribution is 2.32. The van der Waals surface area contributed by atoms with E-state index >= 15 is 0 Å². The van der Waals surface area contributed by atoms with Gasteiger partial charge in [0.1, 0.15) is 17.2 Å². The monoisotopic (exact) mass is 638 g/mol. The molecule has 2 N–H and O–H groups in total. The van der Waals surface area contributed by atoms with Crippen molar-refractivity contribution in [3.05, 3.63) is 48.9 Å². The quantitative estimate of drug-likeness (QED) is 0.112. The lowest BCUT2D eigenvalue weighted by Gasteiger charge is -2.13. The molecule has 0 spiro atoms. The molecule has 0 saturated carbocycles. The van der Waals surface area contributed by atoms with E-state index in [1.165, 1.54) is 24.4 Å². The van der Waals surface area contributed by atoms with Crippen LogP contribution in [0.15, 0.2) is 58.2 Å². The SMILES string of the molecule is O=C(CCCCOc1ccc(-c2cnc(-c3cc[n+](CCCS(=O)(=O)O)cc3)o2)cc1S(=O)(=O)O)ON1C(=O)CCC1=O.